The highest BCUT2D eigenvalue weighted by atomic mass is 16.6. The third-order valence-electron chi connectivity index (χ3n) is 9.65. The average molecular weight is 549 g/mol. The van der Waals surface area contributed by atoms with Crippen LogP contribution in [0.25, 0.3) is 0 Å². The highest BCUT2D eigenvalue weighted by Gasteiger charge is 2.75. The van der Waals surface area contributed by atoms with Crippen LogP contribution in [0.15, 0.2) is 54.6 Å². The number of rotatable bonds is 5. The summed E-state index contributed by atoms with van der Waals surface area (Å²) in [6.07, 6.45) is 14.7. The molecule has 1 spiro atoms. The summed E-state index contributed by atoms with van der Waals surface area (Å²) in [4.78, 5) is 46.4. The van der Waals surface area contributed by atoms with Gasteiger partial charge >= 0.3 is 5.97 Å². The molecule has 8 heteroatoms. The van der Waals surface area contributed by atoms with Crippen molar-refractivity contribution in [3.63, 3.8) is 0 Å². The van der Waals surface area contributed by atoms with Gasteiger partial charge in [-0.25, -0.2) is 0 Å². The summed E-state index contributed by atoms with van der Waals surface area (Å²) in [5.41, 5.74) is -1.49. The fourth-order valence-electron chi connectivity index (χ4n) is 7.84. The topological polar surface area (TPSA) is 96.4 Å². The van der Waals surface area contributed by atoms with Gasteiger partial charge in [0.1, 0.15) is 17.6 Å². The Bertz CT molecular complexity index is 1190. The predicted molar refractivity (Wildman–Crippen MR) is 148 cm³/mol. The first kappa shape index (κ1) is 27.2. The Balaban J connectivity index is 1.47. The van der Waals surface area contributed by atoms with Crippen LogP contribution in [0.4, 0.5) is 0 Å². The summed E-state index contributed by atoms with van der Waals surface area (Å²) in [6, 6.07) is 8.13. The minimum absolute atomic E-state index is 0.0952. The summed E-state index contributed by atoms with van der Waals surface area (Å²) >= 11 is 0. The number of cyclic esters (lactones) is 1. The van der Waals surface area contributed by atoms with Gasteiger partial charge in [0.15, 0.2) is 0 Å². The molecule has 2 amide bonds. The van der Waals surface area contributed by atoms with Gasteiger partial charge in [-0.05, 0) is 44.6 Å². The average Bonchev–Trinajstić information content (AvgIpc) is 3.32. The van der Waals surface area contributed by atoms with E-state index in [1.807, 2.05) is 66.5 Å². The molecule has 0 bridgehead atoms. The van der Waals surface area contributed by atoms with Gasteiger partial charge < -0.3 is 24.4 Å². The number of allylic oxidation sites excluding steroid dienone is 1. The van der Waals surface area contributed by atoms with Gasteiger partial charge in [-0.3, -0.25) is 14.4 Å². The van der Waals surface area contributed by atoms with Crippen molar-refractivity contribution in [2.75, 3.05) is 19.8 Å². The van der Waals surface area contributed by atoms with E-state index in [4.69, 9.17) is 9.47 Å². The lowest BCUT2D eigenvalue weighted by molar-refractivity contribution is -0.162. The molecule has 8 nitrogen and oxygen atoms in total. The Kier molecular flexibility index (Phi) is 7.34. The number of esters is 1. The van der Waals surface area contributed by atoms with E-state index >= 15 is 0 Å². The zero-order chi connectivity index (χ0) is 27.9. The smallest absolute Gasteiger partial charge is 0.313 e. The van der Waals surface area contributed by atoms with Crippen molar-refractivity contribution < 1.29 is 29.0 Å². The zero-order valence-corrected chi connectivity index (χ0v) is 23.2. The number of carbonyl (C=O) groups is 3. The lowest BCUT2D eigenvalue weighted by Gasteiger charge is -2.42. The molecule has 3 fully saturated rings. The Morgan fingerprint density at radius 2 is 1.75 bits per heavy atom. The zero-order valence-electron chi connectivity index (χ0n) is 23.2. The molecular formula is C32H40N2O6. The van der Waals surface area contributed by atoms with Crippen molar-refractivity contribution >= 4 is 17.8 Å². The fourth-order valence-corrected chi connectivity index (χ4v) is 7.84. The second-order valence-corrected chi connectivity index (χ2v) is 12.2. The molecule has 4 aliphatic heterocycles. The molecule has 1 aliphatic carbocycles. The van der Waals surface area contributed by atoms with E-state index in [-0.39, 0.29) is 31.1 Å². The number of aliphatic hydroxyl groups is 1. The number of carbonyl (C=O) groups excluding carboxylic acids is 3. The van der Waals surface area contributed by atoms with Gasteiger partial charge in [-0.2, -0.15) is 0 Å². The monoisotopic (exact) mass is 548 g/mol. The van der Waals surface area contributed by atoms with E-state index in [1.54, 1.807) is 4.90 Å². The summed E-state index contributed by atoms with van der Waals surface area (Å²) in [6.45, 7) is 2.23. The number of likely N-dealkylation sites (tertiary alicyclic amines) is 1. The molecule has 1 saturated carbocycles. The fraction of sp³-hybridized carbons (Fsp3) is 0.594. The number of benzene rings is 1. The van der Waals surface area contributed by atoms with Gasteiger partial charge in [0.05, 0.1) is 30.8 Å². The number of nitrogens with zero attached hydrogens (tertiary/aromatic N) is 2. The Morgan fingerprint density at radius 3 is 2.50 bits per heavy atom. The molecular weight excluding hydrogens is 508 g/mol. The van der Waals surface area contributed by atoms with Crippen molar-refractivity contribution in [3.8, 4) is 0 Å². The summed E-state index contributed by atoms with van der Waals surface area (Å²) in [5.74, 6) is -2.80. The van der Waals surface area contributed by atoms with Crippen molar-refractivity contribution in [2.24, 2.45) is 11.8 Å². The maximum atomic E-state index is 14.7. The molecule has 6 atom stereocenters. The molecule has 0 radical (unpaired) electrons. The van der Waals surface area contributed by atoms with Crippen LogP contribution < -0.4 is 0 Å². The first-order valence-electron chi connectivity index (χ1n) is 14.9. The maximum Gasteiger partial charge on any atom is 0.313 e. The molecule has 4 heterocycles. The summed E-state index contributed by atoms with van der Waals surface area (Å²) < 4.78 is 12.6. The number of aliphatic hydroxyl groups excluding tert-OH is 1. The Morgan fingerprint density at radius 1 is 0.975 bits per heavy atom. The van der Waals surface area contributed by atoms with E-state index in [2.05, 4.69) is 0 Å². The van der Waals surface area contributed by atoms with Crippen LogP contribution in [-0.2, 0) is 30.3 Å². The van der Waals surface area contributed by atoms with E-state index in [1.165, 1.54) is 0 Å². The molecule has 1 aromatic carbocycles. The molecule has 1 aromatic rings. The van der Waals surface area contributed by atoms with Crippen LogP contribution in [0, 0.1) is 11.8 Å². The first-order chi connectivity index (χ1) is 19.4. The van der Waals surface area contributed by atoms with Crippen molar-refractivity contribution in [1.29, 1.82) is 0 Å². The van der Waals surface area contributed by atoms with Crippen LogP contribution in [-0.4, -0.2) is 81.8 Å². The molecule has 2 saturated heterocycles. The lowest BCUT2D eigenvalue weighted by atomic mass is 9.74. The number of amides is 2. The maximum absolute atomic E-state index is 14.7. The molecule has 1 unspecified atom stereocenters. The highest BCUT2D eigenvalue weighted by molar-refractivity contribution is 5.99. The number of fused-ring (bicyclic) bond motifs is 2. The van der Waals surface area contributed by atoms with Gasteiger partial charge in [0.25, 0.3) is 0 Å². The van der Waals surface area contributed by atoms with Gasteiger partial charge in [0.2, 0.25) is 11.8 Å². The number of hydrogen-bond acceptors (Lipinski definition) is 6. The molecule has 40 heavy (non-hydrogen) atoms. The largest absolute Gasteiger partial charge is 0.465 e. The standard InChI is InChI=1S/C32H40N2O6/c1-31-16-9-4-10-19-39-30(38)26(31)25-28(36)34(24(21-35)20-22-12-5-2-6-13-22)27-29(37)33(23-14-7-3-8-15-23)18-11-17-32(25,27)40-31/h2,5-6,9,11-13,16-17,23-27,35H,3-4,7-8,10,14-15,18-21H2,1H3/b16-9-/t24-,25+,26+,27?,31-,32+/m1/s1. The second kappa shape index (κ2) is 10.8. The Labute approximate surface area is 236 Å². The van der Waals surface area contributed by atoms with Gasteiger partial charge in [-0.15, -0.1) is 0 Å². The number of ether oxygens (including phenoxy) is 2. The van der Waals surface area contributed by atoms with Crippen LogP contribution in [0.5, 0.6) is 0 Å². The van der Waals surface area contributed by atoms with Crippen molar-refractivity contribution in [3.05, 3.63) is 60.2 Å². The minimum Gasteiger partial charge on any atom is -0.465 e. The van der Waals surface area contributed by atoms with Crippen LogP contribution in [0.2, 0.25) is 0 Å². The first-order valence-corrected chi connectivity index (χ1v) is 14.9. The van der Waals surface area contributed by atoms with E-state index in [9.17, 15) is 19.5 Å². The summed E-state index contributed by atoms with van der Waals surface area (Å²) in [5, 5.41) is 10.7. The van der Waals surface area contributed by atoms with Gasteiger partial charge in [0, 0.05) is 12.6 Å². The van der Waals surface area contributed by atoms with Crippen LogP contribution in [0.1, 0.15) is 57.4 Å². The third kappa shape index (κ3) is 4.40. The predicted octanol–water partition coefficient (Wildman–Crippen LogP) is 3.19. The third-order valence-corrected chi connectivity index (χ3v) is 9.65. The lowest BCUT2D eigenvalue weighted by Crippen LogP contribution is -2.60. The molecule has 5 aliphatic rings. The summed E-state index contributed by atoms with van der Waals surface area (Å²) in [7, 11) is 0. The highest BCUT2D eigenvalue weighted by Crippen LogP contribution is 2.57. The molecule has 1 N–H and O–H groups in total. The molecule has 214 valence electrons. The molecule has 6 rings (SSSR count). The SMILES string of the molecule is C[C@@]12/C=C\CCCOC(=O)[C@@H]1[C@H]1C(=O)N([C@@H](CO)Cc3ccccc3)C3C(=O)N(C4CCCCC4)CC=C[C@@]31O2. The van der Waals surface area contributed by atoms with Crippen molar-refractivity contribution in [1.82, 2.24) is 9.80 Å². The van der Waals surface area contributed by atoms with Crippen molar-refractivity contribution in [2.45, 2.75) is 87.6 Å². The quantitative estimate of drug-likeness (QED) is 0.449. The van der Waals surface area contributed by atoms with Gasteiger partial charge in [-0.1, -0.05) is 73.9 Å². The van der Waals surface area contributed by atoms with E-state index < -0.39 is 41.1 Å². The van der Waals surface area contributed by atoms with Crippen LogP contribution in [0.3, 0.4) is 0 Å². The second-order valence-electron chi connectivity index (χ2n) is 12.2. The van der Waals surface area contributed by atoms with E-state index in [0.29, 0.717) is 19.4 Å². The van der Waals surface area contributed by atoms with Crippen LogP contribution >= 0.6 is 0 Å². The minimum atomic E-state index is -1.34. The Hall–Kier alpha value is -2.97. The normalized spacial score (nSPS) is 36.0. The molecule has 0 aromatic heterocycles. The van der Waals surface area contributed by atoms with E-state index in [0.717, 1.165) is 44.1 Å². The number of hydrogen-bond donors (Lipinski definition) is 1.